The summed E-state index contributed by atoms with van der Waals surface area (Å²) in [7, 11) is -2.58. The van der Waals surface area contributed by atoms with Gasteiger partial charge < -0.3 is 8.92 Å². The molecule has 22 heavy (non-hydrogen) atoms. The summed E-state index contributed by atoms with van der Waals surface area (Å²) in [5, 5.41) is 0. The SMILES string of the molecule is COc1cc(C(C)=O)ccc1OS(=O)(=O)c1ccc(C)cc1. The number of ketones is 1. The highest BCUT2D eigenvalue weighted by Crippen LogP contribution is 2.31. The molecule has 0 aromatic heterocycles. The third-order valence-electron chi connectivity index (χ3n) is 3.08. The van der Waals surface area contributed by atoms with Gasteiger partial charge in [-0.3, -0.25) is 4.79 Å². The zero-order valence-electron chi connectivity index (χ0n) is 12.5. The number of Topliss-reactive ketones (excluding diaryl/α,β-unsaturated/α-hetero) is 1. The van der Waals surface area contributed by atoms with Gasteiger partial charge in [0.1, 0.15) is 4.90 Å². The first-order chi connectivity index (χ1) is 10.3. The third kappa shape index (κ3) is 3.46. The van der Waals surface area contributed by atoms with Gasteiger partial charge in [0.25, 0.3) is 0 Å². The summed E-state index contributed by atoms with van der Waals surface area (Å²) in [6.07, 6.45) is 0. The van der Waals surface area contributed by atoms with E-state index in [9.17, 15) is 13.2 Å². The molecule has 5 nitrogen and oxygen atoms in total. The van der Waals surface area contributed by atoms with E-state index in [1.165, 1.54) is 44.4 Å². The lowest BCUT2D eigenvalue weighted by molar-refractivity contribution is 0.101. The number of carbonyl (C=O) groups is 1. The Kier molecular flexibility index (Phi) is 4.51. The standard InChI is InChI=1S/C16H16O5S/c1-11-4-7-14(8-5-11)22(18,19)21-15-9-6-13(12(2)17)10-16(15)20-3/h4-10H,1-3H3. The molecule has 0 amide bonds. The molecule has 0 atom stereocenters. The van der Waals surface area contributed by atoms with Crippen molar-refractivity contribution in [2.24, 2.45) is 0 Å². The zero-order valence-corrected chi connectivity index (χ0v) is 13.3. The topological polar surface area (TPSA) is 69.7 Å². The Balaban J connectivity index is 2.37. The Labute approximate surface area is 129 Å². The number of carbonyl (C=O) groups excluding carboxylic acids is 1. The summed E-state index contributed by atoms with van der Waals surface area (Å²) < 4.78 is 34.7. The lowest BCUT2D eigenvalue weighted by Crippen LogP contribution is -2.10. The zero-order chi connectivity index (χ0) is 16.3. The van der Waals surface area contributed by atoms with Crippen LogP contribution in [0.3, 0.4) is 0 Å². The smallest absolute Gasteiger partial charge is 0.339 e. The molecule has 0 radical (unpaired) electrons. The second-order valence-electron chi connectivity index (χ2n) is 4.77. The predicted octanol–water partition coefficient (Wildman–Crippen LogP) is 2.97. The van der Waals surface area contributed by atoms with Crippen LogP contribution in [0.5, 0.6) is 11.5 Å². The molecule has 0 bridgehead atoms. The second-order valence-corrected chi connectivity index (χ2v) is 6.32. The fourth-order valence-electron chi connectivity index (χ4n) is 1.83. The largest absolute Gasteiger partial charge is 0.493 e. The van der Waals surface area contributed by atoms with Crippen molar-refractivity contribution in [3.63, 3.8) is 0 Å². The van der Waals surface area contributed by atoms with Crippen LogP contribution in [0.15, 0.2) is 47.4 Å². The van der Waals surface area contributed by atoms with Crippen LogP contribution in [0, 0.1) is 6.92 Å². The lowest BCUT2D eigenvalue weighted by atomic mass is 10.1. The molecular formula is C16H16O5S. The molecule has 2 rings (SSSR count). The van der Waals surface area contributed by atoms with Crippen molar-refractivity contribution >= 4 is 15.9 Å². The molecule has 0 saturated carbocycles. The Morgan fingerprint density at radius 1 is 1.00 bits per heavy atom. The van der Waals surface area contributed by atoms with Crippen molar-refractivity contribution in [1.29, 1.82) is 0 Å². The molecule has 0 aliphatic heterocycles. The molecule has 6 heteroatoms. The van der Waals surface area contributed by atoms with Gasteiger partial charge >= 0.3 is 10.1 Å². The van der Waals surface area contributed by atoms with Gasteiger partial charge in [-0.1, -0.05) is 17.7 Å². The number of aryl methyl sites for hydroxylation is 1. The highest BCUT2D eigenvalue weighted by molar-refractivity contribution is 7.87. The minimum absolute atomic E-state index is 0.0353. The van der Waals surface area contributed by atoms with Crippen molar-refractivity contribution in [2.45, 2.75) is 18.7 Å². The summed E-state index contributed by atoms with van der Waals surface area (Å²) in [6.45, 7) is 3.28. The van der Waals surface area contributed by atoms with E-state index in [2.05, 4.69) is 0 Å². The fourth-order valence-corrected chi connectivity index (χ4v) is 2.77. The summed E-state index contributed by atoms with van der Waals surface area (Å²) in [5.41, 5.74) is 1.36. The van der Waals surface area contributed by atoms with Gasteiger partial charge in [-0.25, -0.2) is 0 Å². The third-order valence-corrected chi connectivity index (χ3v) is 4.33. The molecule has 0 N–H and O–H groups in total. The molecule has 2 aromatic carbocycles. The van der Waals surface area contributed by atoms with Gasteiger partial charge in [-0.2, -0.15) is 8.42 Å². The van der Waals surface area contributed by atoms with Gasteiger partial charge in [-0.15, -0.1) is 0 Å². The Morgan fingerprint density at radius 2 is 1.64 bits per heavy atom. The minimum Gasteiger partial charge on any atom is -0.493 e. The van der Waals surface area contributed by atoms with Crippen molar-refractivity contribution in [2.75, 3.05) is 7.11 Å². The molecule has 2 aromatic rings. The second kappa shape index (κ2) is 6.19. The molecule has 116 valence electrons. The molecule has 0 spiro atoms. The Morgan fingerprint density at radius 3 is 2.18 bits per heavy atom. The predicted molar refractivity (Wildman–Crippen MR) is 82.0 cm³/mol. The first kappa shape index (κ1) is 16.0. The summed E-state index contributed by atoms with van der Waals surface area (Å²) >= 11 is 0. The van der Waals surface area contributed by atoms with E-state index >= 15 is 0 Å². The maximum atomic E-state index is 12.3. The van der Waals surface area contributed by atoms with E-state index in [1.54, 1.807) is 12.1 Å². The molecule has 0 aliphatic rings. The summed E-state index contributed by atoms with van der Waals surface area (Å²) in [4.78, 5) is 11.4. The molecule has 0 fully saturated rings. The number of hydrogen-bond acceptors (Lipinski definition) is 5. The van der Waals surface area contributed by atoms with Crippen molar-refractivity contribution in [1.82, 2.24) is 0 Å². The molecular weight excluding hydrogens is 304 g/mol. The summed E-state index contributed by atoms with van der Waals surface area (Å²) in [6, 6.07) is 10.7. The van der Waals surface area contributed by atoms with Gasteiger partial charge in [-0.05, 0) is 44.2 Å². The van der Waals surface area contributed by atoms with Crippen LogP contribution < -0.4 is 8.92 Å². The number of benzene rings is 2. The first-order valence-corrected chi connectivity index (χ1v) is 7.94. The van der Waals surface area contributed by atoms with E-state index in [-0.39, 0.29) is 22.2 Å². The van der Waals surface area contributed by atoms with E-state index in [0.717, 1.165) is 5.56 Å². The van der Waals surface area contributed by atoms with E-state index < -0.39 is 10.1 Å². The summed E-state index contributed by atoms with van der Waals surface area (Å²) in [5.74, 6) is 0.0719. The normalized spacial score (nSPS) is 11.0. The lowest BCUT2D eigenvalue weighted by Gasteiger charge is -2.11. The van der Waals surface area contributed by atoms with Crippen LogP contribution in [0.4, 0.5) is 0 Å². The highest BCUT2D eigenvalue weighted by atomic mass is 32.2. The number of hydrogen-bond donors (Lipinski definition) is 0. The van der Waals surface area contributed by atoms with Gasteiger partial charge in [0.05, 0.1) is 7.11 Å². The van der Waals surface area contributed by atoms with Crippen molar-refractivity contribution < 1.29 is 22.1 Å². The van der Waals surface area contributed by atoms with Crippen molar-refractivity contribution in [3.05, 3.63) is 53.6 Å². The average molecular weight is 320 g/mol. The molecule has 0 unspecified atom stereocenters. The number of methoxy groups -OCH3 is 1. The van der Waals surface area contributed by atoms with Crippen LogP contribution in [-0.4, -0.2) is 21.3 Å². The van der Waals surface area contributed by atoms with Crippen LogP contribution in [0.25, 0.3) is 0 Å². The highest BCUT2D eigenvalue weighted by Gasteiger charge is 2.19. The maximum Gasteiger partial charge on any atom is 0.339 e. The van der Waals surface area contributed by atoms with Crippen LogP contribution in [-0.2, 0) is 10.1 Å². The monoisotopic (exact) mass is 320 g/mol. The maximum absolute atomic E-state index is 12.3. The van der Waals surface area contributed by atoms with Crippen LogP contribution >= 0.6 is 0 Å². The number of ether oxygens (including phenoxy) is 1. The van der Waals surface area contributed by atoms with E-state index in [4.69, 9.17) is 8.92 Å². The first-order valence-electron chi connectivity index (χ1n) is 6.53. The molecule has 0 saturated heterocycles. The molecule has 0 aliphatic carbocycles. The van der Waals surface area contributed by atoms with Gasteiger partial charge in [0, 0.05) is 5.56 Å². The Hall–Kier alpha value is -2.34. The number of rotatable bonds is 5. The van der Waals surface area contributed by atoms with E-state index in [1.807, 2.05) is 6.92 Å². The molecule has 0 heterocycles. The Bertz CT molecular complexity index is 792. The van der Waals surface area contributed by atoms with E-state index in [0.29, 0.717) is 5.56 Å². The van der Waals surface area contributed by atoms with Gasteiger partial charge in [0.2, 0.25) is 0 Å². The fraction of sp³-hybridized carbons (Fsp3) is 0.188. The van der Waals surface area contributed by atoms with Crippen molar-refractivity contribution in [3.8, 4) is 11.5 Å². The quantitative estimate of drug-likeness (QED) is 0.626. The van der Waals surface area contributed by atoms with Crippen LogP contribution in [0.1, 0.15) is 22.8 Å². The average Bonchev–Trinajstić information content (AvgIpc) is 2.47. The minimum atomic E-state index is -3.96. The van der Waals surface area contributed by atoms with Crippen LogP contribution in [0.2, 0.25) is 0 Å². The van der Waals surface area contributed by atoms with Gasteiger partial charge in [0.15, 0.2) is 17.3 Å².